The summed E-state index contributed by atoms with van der Waals surface area (Å²) in [6.07, 6.45) is 2.14. The topological polar surface area (TPSA) is 60.7 Å². The second-order valence-corrected chi connectivity index (χ2v) is 5.33. The number of thiazole rings is 1. The van der Waals surface area contributed by atoms with Crippen molar-refractivity contribution in [3.63, 3.8) is 0 Å². The Morgan fingerprint density at radius 1 is 1.69 bits per heavy atom. The first kappa shape index (κ1) is 11.6. The van der Waals surface area contributed by atoms with E-state index < -0.39 is 0 Å². The summed E-state index contributed by atoms with van der Waals surface area (Å²) in [5.41, 5.74) is 0. The van der Waals surface area contributed by atoms with E-state index in [9.17, 15) is 0 Å². The Hall–Kier alpha value is -0.830. The lowest BCUT2D eigenvalue weighted by molar-refractivity contribution is 0.396. The fraction of sp³-hybridized carbons (Fsp3) is 0.600. The first-order valence-corrected chi connectivity index (χ1v) is 6.45. The maximum Gasteiger partial charge on any atom is 0.185 e. The zero-order chi connectivity index (χ0) is 11.5. The molecular weight excluding hydrogens is 244 g/mol. The van der Waals surface area contributed by atoms with Gasteiger partial charge in [0.1, 0.15) is 10.9 Å². The molecule has 1 saturated heterocycles. The molecule has 0 saturated carbocycles. The van der Waals surface area contributed by atoms with Crippen molar-refractivity contribution in [1.29, 1.82) is 5.26 Å². The van der Waals surface area contributed by atoms with Gasteiger partial charge in [-0.2, -0.15) is 5.26 Å². The summed E-state index contributed by atoms with van der Waals surface area (Å²) in [7, 11) is 0. The maximum absolute atomic E-state index is 8.78. The van der Waals surface area contributed by atoms with Crippen LogP contribution >= 0.6 is 22.9 Å². The molecule has 1 aliphatic heterocycles. The lowest BCUT2D eigenvalue weighted by Crippen LogP contribution is -2.41. The lowest BCUT2D eigenvalue weighted by atomic mass is 10.0. The molecule has 0 spiro atoms. The summed E-state index contributed by atoms with van der Waals surface area (Å²) < 4.78 is 0. The molecule has 0 bridgehead atoms. The SMILES string of the molecule is CC1CC(Nc2nc(Cl)c(C#N)s2)CCN1. The van der Waals surface area contributed by atoms with Crippen LogP contribution < -0.4 is 10.6 Å². The third-order valence-electron chi connectivity index (χ3n) is 2.64. The average molecular weight is 257 g/mol. The molecule has 0 aliphatic carbocycles. The highest BCUT2D eigenvalue weighted by molar-refractivity contribution is 7.16. The van der Waals surface area contributed by atoms with Crippen molar-refractivity contribution in [2.75, 3.05) is 11.9 Å². The van der Waals surface area contributed by atoms with E-state index in [-0.39, 0.29) is 0 Å². The minimum absolute atomic E-state index is 0.303. The van der Waals surface area contributed by atoms with Crippen LogP contribution in [-0.4, -0.2) is 23.6 Å². The molecule has 4 nitrogen and oxygen atoms in total. The minimum Gasteiger partial charge on any atom is -0.359 e. The van der Waals surface area contributed by atoms with Crippen LogP contribution in [0.15, 0.2) is 0 Å². The fourth-order valence-electron chi connectivity index (χ4n) is 1.87. The number of piperidine rings is 1. The van der Waals surface area contributed by atoms with Crippen molar-refractivity contribution >= 4 is 28.1 Å². The highest BCUT2D eigenvalue weighted by Crippen LogP contribution is 2.27. The normalized spacial score (nSPS) is 25.1. The molecular formula is C10H13ClN4S. The van der Waals surface area contributed by atoms with Crippen molar-refractivity contribution < 1.29 is 0 Å². The minimum atomic E-state index is 0.303. The molecule has 1 fully saturated rings. The predicted octanol–water partition coefficient (Wildman–Crippen LogP) is 2.22. The first-order valence-electron chi connectivity index (χ1n) is 5.25. The van der Waals surface area contributed by atoms with E-state index in [1.165, 1.54) is 11.3 Å². The van der Waals surface area contributed by atoms with Gasteiger partial charge >= 0.3 is 0 Å². The van der Waals surface area contributed by atoms with E-state index in [1.54, 1.807) is 0 Å². The van der Waals surface area contributed by atoms with E-state index in [0.29, 0.717) is 22.1 Å². The van der Waals surface area contributed by atoms with Crippen molar-refractivity contribution in [3.05, 3.63) is 10.0 Å². The maximum atomic E-state index is 8.78. The quantitative estimate of drug-likeness (QED) is 0.852. The zero-order valence-corrected chi connectivity index (χ0v) is 10.5. The van der Waals surface area contributed by atoms with Crippen LogP contribution in [0.4, 0.5) is 5.13 Å². The first-order chi connectivity index (χ1) is 7.69. The molecule has 1 aromatic rings. The third-order valence-corrected chi connectivity index (χ3v) is 3.92. The van der Waals surface area contributed by atoms with Gasteiger partial charge in [-0.05, 0) is 26.3 Å². The number of nitrogens with one attached hydrogen (secondary N) is 2. The molecule has 1 aromatic heterocycles. The molecule has 0 radical (unpaired) electrons. The smallest absolute Gasteiger partial charge is 0.185 e. The molecule has 6 heteroatoms. The van der Waals surface area contributed by atoms with Gasteiger partial charge in [0.15, 0.2) is 10.3 Å². The fourth-order valence-corrected chi connectivity index (χ4v) is 2.89. The largest absolute Gasteiger partial charge is 0.359 e. The second-order valence-electron chi connectivity index (χ2n) is 3.97. The highest BCUT2D eigenvalue weighted by atomic mass is 35.5. The van der Waals surface area contributed by atoms with Crippen molar-refractivity contribution in [2.45, 2.75) is 31.8 Å². The summed E-state index contributed by atoms with van der Waals surface area (Å²) in [4.78, 5) is 4.61. The van der Waals surface area contributed by atoms with Crippen LogP contribution in [0, 0.1) is 11.3 Å². The number of halogens is 1. The van der Waals surface area contributed by atoms with Crippen molar-refractivity contribution in [3.8, 4) is 6.07 Å². The Morgan fingerprint density at radius 2 is 2.50 bits per heavy atom. The number of nitrogens with zero attached hydrogens (tertiary/aromatic N) is 2. The molecule has 2 unspecified atom stereocenters. The van der Waals surface area contributed by atoms with E-state index >= 15 is 0 Å². The van der Waals surface area contributed by atoms with Crippen LogP contribution in [0.5, 0.6) is 0 Å². The number of nitriles is 1. The van der Waals surface area contributed by atoms with Gasteiger partial charge in [0.05, 0.1) is 0 Å². The van der Waals surface area contributed by atoms with Crippen molar-refractivity contribution in [2.24, 2.45) is 0 Å². The zero-order valence-electron chi connectivity index (χ0n) is 8.96. The Morgan fingerprint density at radius 3 is 3.12 bits per heavy atom. The molecule has 2 N–H and O–H groups in total. The molecule has 1 aliphatic rings. The summed E-state index contributed by atoms with van der Waals surface area (Å²) in [5.74, 6) is 0. The van der Waals surface area contributed by atoms with Crippen LogP contribution in [0.1, 0.15) is 24.6 Å². The van der Waals surface area contributed by atoms with Crippen LogP contribution in [0.25, 0.3) is 0 Å². The summed E-state index contributed by atoms with van der Waals surface area (Å²) in [6, 6.07) is 2.98. The van der Waals surface area contributed by atoms with E-state index in [1.807, 2.05) is 6.07 Å². The lowest BCUT2D eigenvalue weighted by Gasteiger charge is -2.28. The number of hydrogen-bond acceptors (Lipinski definition) is 5. The predicted molar refractivity (Wildman–Crippen MR) is 65.9 cm³/mol. The third kappa shape index (κ3) is 2.64. The monoisotopic (exact) mass is 256 g/mol. The molecule has 0 amide bonds. The second kappa shape index (κ2) is 5.00. The van der Waals surface area contributed by atoms with Gasteiger partial charge < -0.3 is 10.6 Å². The number of hydrogen-bond donors (Lipinski definition) is 2. The van der Waals surface area contributed by atoms with E-state index in [2.05, 4.69) is 22.5 Å². The summed E-state index contributed by atoms with van der Waals surface area (Å²) >= 11 is 7.13. The van der Waals surface area contributed by atoms with Crippen LogP contribution in [-0.2, 0) is 0 Å². The number of rotatable bonds is 2. The Kier molecular flexibility index (Phi) is 3.64. The molecule has 2 rings (SSSR count). The molecule has 86 valence electrons. The molecule has 16 heavy (non-hydrogen) atoms. The molecule has 2 heterocycles. The van der Waals surface area contributed by atoms with Crippen molar-refractivity contribution in [1.82, 2.24) is 10.3 Å². The number of anilines is 1. The summed E-state index contributed by atoms with van der Waals surface area (Å²) in [6.45, 7) is 3.19. The van der Waals surface area contributed by atoms with Gasteiger partial charge in [-0.25, -0.2) is 4.98 Å². The molecule has 0 aromatic carbocycles. The molecule has 2 atom stereocenters. The van der Waals surface area contributed by atoms with E-state index in [4.69, 9.17) is 16.9 Å². The van der Waals surface area contributed by atoms with Gasteiger partial charge in [-0.1, -0.05) is 22.9 Å². The number of aromatic nitrogens is 1. The summed E-state index contributed by atoms with van der Waals surface area (Å²) in [5, 5.41) is 16.6. The standard InChI is InChI=1S/C10H13ClN4S/c1-6-4-7(2-3-13-6)14-10-15-9(11)8(5-12)16-10/h6-7,13H,2-4H2,1H3,(H,14,15). The Balaban J connectivity index is 2.00. The van der Waals surface area contributed by atoms with Gasteiger partial charge in [-0.15, -0.1) is 0 Å². The average Bonchev–Trinajstić information content (AvgIpc) is 2.58. The Labute approximate surface area is 104 Å². The van der Waals surface area contributed by atoms with Gasteiger partial charge in [0.2, 0.25) is 0 Å². The van der Waals surface area contributed by atoms with Crippen LogP contribution in [0.2, 0.25) is 5.15 Å². The van der Waals surface area contributed by atoms with Crippen LogP contribution in [0.3, 0.4) is 0 Å². The van der Waals surface area contributed by atoms with Gasteiger partial charge in [0.25, 0.3) is 0 Å². The van der Waals surface area contributed by atoms with E-state index in [0.717, 1.165) is 24.5 Å². The Bertz CT molecular complexity index is 411. The highest BCUT2D eigenvalue weighted by Gasteiger charge is 2.19. The van der Waals surface area contributed by atoms with Gasteiger partial charge in [0, 0.05) is 12.1 Å². The van der Waals surface area contributed by atoms with Gasteiger partial charge in [-0.3, -0.25) is 0 Å².